The van der Waals surface area contributed by atoms with E-state index in [-0.39, 0.29) is 11.6 Å². The topological polar surface area (TPSA) is 63.4 Å². The van der Waals surface area contributed by atoms with Crippen molar-refractivity contribution in [3.8, 4) is 0 Å². The van der Waals surface area contributed by atoms with Crippen LogP contribution in [0.5, 0.6) is 0 Å². The normalized spacial score (nSPS) is 20.8. The summed E-state index contributed by atoms with van der Waals surface area (Å²) in [6.45, 7) is 4.68. The lowest BCUT2D eigenvalue weighted by Crippen LogP contribution is -2.30. The van der Waals surface area contributed by atoms with Gasteiger partial charge >= 0.3 is 0 Å². The molecule has 1 aromatic carbocycles. The molecule has 2 rings (SSSR count). The van der Waals surface area contributed by atoms with Crippen molar-refractivity contribution in [2.75, 3.05) is 18.8 Å². The maximum absolute atomic E-state index is 13.8. The first-order valence-corrected chi connectivity index (χ1v) is 7.92. The molecule has 1 aliphatic heterocycles. The zero-order valence-electron chi connectivity index (χ0n) is 11.4. The fourth-order valence-electron chi connectivity index (χ4n) is 2.43. The molecule has 7 heteroatoms. The van der Waals surface area contributed by atoms with Gasteiger partial charge < -0.3 is 5.73 Å². The van der Waals surface area contributed by atoms with Gasteiger partial charge in [-0.2, -0.15) is 4.31 Å². The predicted octanol–water partition coefficient (Wildman–Crippen LogP) is 2.21. The Labute approximate surface area is 117 Å². The number of benzene rings is 1. The zero-order valence-corrected chi connectivity index (χ0v) is 12.3. The van der Waals surface area contributed by atoms with Crippen molar-refractivity contribution >= 4 is 15.7 Å². The molecule has 0 saturated carbocycles. The number of nitrogen functional groups attached to an aromatic ring is 1. The Morgan fingerprint density at radius 1 is 1.35 bits per heavy atom. The molecule has 1 saturated heterocycles. The number of nitrogens with two attached hydrogens (primary N) is 1. The molecule has 0 bridgehead atoms. The number of hydrogen-bond donors (Lipinski definition) is 1. The third kappa shape index (κ3) is 2.64. The Balaban J connectivity index is 2.37. The van der Waals surface area contributed by atoms with Crippen LogP contribution in [0.4, 0.5) is 14.5 Å². The summed E-state index contributed by atoms with van der Waals surface area (Å²) in [7, 11) is -4.04. The quantitative estimate of drug-likeness (QED) is 0.871. The molecular weight excluding hydrogens is 286 g/mol. The fourth-order valence-corrected chi connectivity index (χ4v) is 4.05. The number of halogens is 2. The molecule has 112 valence electrons. The first-order valence-electron chi connectivity index (χ1n) is 6.48. The molecule has 4 nitrogen and oxygen atoms in total. The van der Waals surface area contributed by atoms with Gasteiger partial charge in [-0.1, -0.05) is 13.8 Å². The first kappa shape index (κ1) is 15.2. The largest absolute Gasteiger partial charge is 0.399 e. The summed E-state index contributed by atoms with van der Waals surface area (Å²) in [5.41, 5.74) is 5.30. The fraction of sp³-hybridized carbons (Fsp3) is 0.538. The summed E-state index contributed by atoms with van der Waals surface area (Å²) in [6, 6.07) is 1.74. The van der Waals surface area contributed by atoms with Gasteiger partial charge in [0.15, 0.2) is 11.6 Å². The standard InChI is InChI=1S/C13H18F2N2O2S/c1-8(2)9-3-4-17(7-9)20(18,19)12-6-10(16)5-11(14)13(12)15/h5-6,8-9H,3-4,7,16H2,1-2H3. The van der Waals surface area contributed by atoms with Crippen LogP contribution in [-0.4, -0.2) is 25.8 Å². The molecule has 0 spiro atoms. The van der Waals surface area contributed by atoms with E-state index >= 15 is 0 Å². The van der Waals surface area contributed by atoms with E-state index < -0.39 is 26.6 Å². The smallest absolute Gasteiger partial charge is 0.246 e. The van der Waals surface area contributed by atoms with E-state index in [1.807, 2.05) is 13.8 Å². The highest BCUT2D eigenvalue weighted by Gasteiger charge is 2.36. The summed E-state index contributed by atoms with van der Waals surface area (Å²) < 4.78 is 53.1. The summed E-state index contributed by atoms with van der Waals surface area (Å²) in [4.78, 5) is -0.681. The van der Waals surface area contributed by atoms with Crippen LogP contribution in [0, 0.1) is 23.5 Å². The van der Waals surface area contributed by atoms with Crippen LogP contribution in [-0.2, 0) is 10.0 Å². The molecule has 1 fully saturated rings. The van der Waals surface area contributed by atoms with Gasteiger partial charge in [0.1, 0.15) is 4.90 Å². The second-order valence-electron chi connectivity index (χ2n) is 5.47. The predicted molar refractivity (Wildman–Crippen MR) is 72.5 cm³/mol. The molecular formula is C13H18F2N2O2S. The Hall–Kier alpha value is -1.21. The summed E-state index contributed by atoms with van der Waals surface area (Å²) >= 11 is 0. The first-order chi connectivity index (χ1) is 9.23. The van der Waals surface area contributed by atoms with Crippen molar-refractivity contribution in [1.82, 2.24) is 4.31 Å². The highest BCUT2D eigenvalue weighted by atomic mass is 32.2. The minimum Gasteiger partial charge on any atom is -0.399 e. The summed E-state index contributed by atoms with van der Waals surface area (Å²) in [5.74, 6) is -2.04. The third-order valence-corrected chi connectivity index (χ3v) is 5.63. The van der Waals surface area contributed by atoms with Crippen molar-refractivity contribution < 1.29 is 17.2 Å². The van der Waals surface area contributed by atoms with Crippen LogP contribution in [0.3, 0.4) is 0 Å². The Morgan fingerprint density at radius 2 is 2.00 bits per heavy atom. The summed E-state index contributed by atoms with van der Waals surface area (Å²) in [6.07, 6.45) is 0.726. The minimum absolute atomic E-state index is 0.109. The van der Waals surface area contributed by atoms with Crippen LogP contribution >= 0.6 is 0 Å². The van der Waals surface area contributed by atoms with Gasteiger partial charge in [0.05, 0.1) is 0 Å². The van der Waals surface area contributed by atoms with Crippen molar-refractivity contribution in [2.24, 2.45) is 11.8 Å². The second kappa shape index (κ2) is 5.29. The number of hydrogen-bond acceptors (Lipinski definition) is 3. The lowest BCUT2D eigenvalue weighted by atomic mass is 9.96. The molecule has 1 heterocycles. The van der Waals surface area contributed by atoms with Crippen molar-refractivity contribution in [3.63, 3.8) is 0 Å². The van der Waals surface area contributed by atoms with E-state index in [4.69, 9.17) is 5.73 Å². The molecule has 1 aromatic rings. The average Bonchev–Trinajstić information content (AvgIpc) is 2.83. The second-order valence-corrected chi connectivity index (χ2v) is 7.38. The van der Waals surface area contributed by atoms with E-state index in [1.54, 1.807) is 0 Å². The summed E-state index contributed by atoms with van der Waals surface area (Å²) in [5, 5.41) is 0. The van der Waals surface area contributed by atoms with E-state index in [0.29, 0.717) is 19.0 Å². The van der Waals surface area contributed by atoms with Gasteiger partial charge in [0, 0.05) is 18.8 Å². The third-order valence-electron chi connectivity index (χ3n) is 3.77. The lowest BCUT2D eigenvalue weighted by Gasteiger charge is -2.18. The maximum atomic E-state index is 13.8. The molecule has 1 aliphatic rings. The van der Waals surface area contributed by atoms with E-state index in [0.717, 1.165) is 18.6 Å². The molecule has 2 N–H and O–H groups in total. The highest BCUT2D eigenvalue weighted by Crippen LogP contribution is 2.30. The molecule has 0 aromatic heterocycles. The molecule has 1 atom stereocenters. The highest BCUT2D eigenvalue weighted by molar-refractivity contribution is 7.89. The van der Waals surface area contributed by atoms with Crippen LogP contribution < -0.4 is 5.73 Å². The number of sulfonamides is 1. The van der Waals surface area contributed by atoms with Gasteiger partial charge in [-0.3, -0.25) is 0 Å². The minimum atomic E-state index is -4.04. The van der Waals surface area contributed by atoms with E-state index in [9.17, 15) is 17.2 Å². The van der Waals surface area contributed by atoms with Crippen molar-refractivity contribution in [2.45, 2.75) is 25.2 Å². The van der Waals surface area contributed by atoms with Crippen molar-refractivity contribution in [1.29, 1.82) is 0 Å². The van der Waals surface area contributed by atoms with Gasteiger partial charge in [-0.15, -0.1) is 0 Å². The van der Waals surface area contributed by atoms with E-state index in [2.05, 4.69) is 0 Å². The van der Waals surface area contributed by atoms with Crippen LogP contribution in [0.15, 0.2) is 17.0 Å². The van der Waals surface area contributed by atoms with E-state index in [1.165, 1.54) is 4.31 Å². The average molecular weight is 304 g/mol. The zero-order chi connectivity index (χ0) is 15.1. The lowest BCUT2D eigenvalue weighted by molar-refractivity contribution is 0.386. The number of nitrogens with zero attached hydrogens (tertiary/aromatic N) is 1. The van der Waals surface area contributed by atoms with Gasteiger partial charge in [-0.25, -0.2) is 17.2 Å². The Morgan fingerprint density at radius 3 is 2.55 bits per heavy atom. The van der Waals surface area contributed by atoms with Gasteiger partial charge in [0.2, 0.25) is 10.0 Å². The molecule has 0 aliphatic carbocycles. The van der Waals surface area contributed by atoms with Crippen LogP contribution in [0.25, 0.3) is 0 Å². The molecule has 20 heavy (non-hydrogen) atoms. The van der Waals surface area contributed by atoms with Gasteiger partial charge in [0.25, 0.3) is 0 Å². The molecule has 0 amide bonds. The number of rotatable bonds is 3. The monoisotopic (exact) mass is 304 g/mol. The Bertz CT molecular complexity index is 617. The van der Waals surface area contributed by atoms with Crippen LogP contribution in [0.2, 0.25) is 0 Å². The Kier molecular flexibility index (Phi) is 4.02. The maximum Gasteiger partial charge on any atom is 0.246 e. The SMILES string of the molecule is CC(C)C1CCN(S(=O)(=O)c2cc(N)cc(F)c2F)C1. The van der Waals surface area contributed by atoms with Crippen LogP contribution in [0.1, 0.15) is 20.3 Å². The molecule has 1 unspecified atom stereocenters. The van der Waals surface area contributed by atoms with Gasteiger partial charge in [-0.05, 0) is 30.4 Å². The van der Waals surface area contributed by atoms with Crippen molar-refractivity contribution in [3.05, 3.63) is 23.8 Å². The molecule has 0 radical (unpaired) electrons. The number of anilines is 1.